The molecule has 1 heterocycles. The van der Waals surface area contributed by atoms with Crippen molar-refractivity contribution in [1.29, 1.82) is 0 Å². The van der Waals surface area contributed by atoms with Crippen LogP contribution in [0.25, 0.3) is 0 Å². The highest BCUT2D eigenvalue weighted by Crippen LogP contribution is 2.31. The molecule has 0 bridgehead atoms. The average molecular weight is 475 g/mol. The number of carbonyl (C=O) groups is 5. The highest BCUT2D eigenvalue weighted by molar-refractivity contribution is 5.76. The maximum Gasteiger partial charge on any atom is 0.337 e. The Kier molecular flexibility index (Phi) is 12.4. The number of carbonyl (C=O) groups excluding carboxylic acids is 4. The summed E-state index contributed by atoms with van der Waals surface area (Å²) in [6.07, 6.45) is -6.49. The third-order valence-corrected chi connectivity index (χ3v) is 4.61. The second-order valence-corrected chi connectivity index (χ2v) is 7.62. The van der Waals surface area contributed by atoms with Crippen LogP contribution in [0, 0.1) is 0 Å². The van der Waals surface area contributed by atoms with Gasteiger partial charge in [-0.3, -0.25) is 19.2 Å². The lowest BCUT2D eigenvalue weighted by Gasteiger charge is -2.42. The van der Waals surface area contributed by atoms with E-state index >= 15 is 0 Å². The molecule has 1 aliphatic rings. The summed E-state index contributed by atoms with van der Waals surface area (Å²) in [7, 11) is 0. The molecule has 0 saturated carbocycles. The number of aliphatic carboxylic acids is 1. The summed E-state index contributed by atoms with van der Waals surface area (Å²) < 4.78 is 26.8. The van der Waals surface area contributed by atoms with Gasteiger partial charge < -0.3 is 28.8 Å². The minimum absolute atomic E-state index is 0.00241. The molecule has 0 unspecified atom stereocenters. The second-order valence-electron chi connectivity index (χ2n) is 7.62. The van der Waals surface area contributed by atoms with Gasteiger partial charge in [0.15, 0.2) is 18.3 Å². The summed E-state index contributed by atoms with van der Waals surface area (Å²) in [5, 5.41) is 9.71. The summed E-state index contributed by atoms with van der Waals surface area (Å²) >= 11 is 0. The van der Waals surface area contributed by atoms with Gasteiger partial charge >= 0.3 is 29.8 Å². The number of carboxylic acids is 1. The molecule has 0 aromatic rings. The Hall–Kier alpha value is -2.69. The molecule has 0 radical (unpaired) electrons. The van der Waals surface area contributed by atoms with Crippen LogP contribution in [0.3, 0.4) is 0 Å². The molecule has 0 aromatic carbocycles. The van der Waals surface area contributed by atoms with Gasteiger partial charge in [-0.2, -0.15) is 0 Å². The summed E-state index contributed by atoms with van der Waals surface area (Å²) in [5.74, 6) is -4.42. The average Bonchev–Trinajstić information content (AvgIpc) is 2.72. The van der Waals surface area contributed by atoms with Crippen LogP contribution in [-0.4, -0.2) is 65.7 Å². The van der Waals surface area contributed by atoms with Crippen molar-refractivity contribution >= 4 is 29.8 Å². The first-order valence-electron chi connectivity index (χ1n) is 11.3. The second kappa shape index (κ2) is 14.5. The normalized spacial score (nSPS) is 24.4. The van der Waals surface area contributed by atoms with Crippen LogP contribution in [0.1, 0.15) is 79.1 Å². The fraction of sp³-hybridized carbons (Fsp3) is 0.773. The van der Waals surface area contributed by atoms with Gasteiger partial charge in [0, 0.05) is 25.7 Å². The number of hydrogen-bond donors (Lipinski definition) is 1. The van der Waals surface area contributed by atoms with E-state index < -0.39 is 60.6 Å². The van der Waals surface area contributed by atoms with E-state index in [0.717, 1.165) is 0 Å². The Morgan fingerprint density at radius 1 is 0.606 bits per heavy atom. The Bertz CT molecular complexity index is 690. The van der Waals surface area contributed by atoms with E-state index in [-0.39, 0.29) is 25.7 Å². The molecule has 1 N–H and O–H groups in total. The lowest BCUT2D eigenvalue weighted by atomic mass is 9.97. The van der Waals surface area contributed by atoms with Crippen molar-refractivity contribution in [2.45, 2.75) is 110 Å². The van der Waals surface area contributed by atoms with Crippen molar-refractivity contribution in [2.75, 3.05) is 0 Å². The Morgan fingerprint density at radius 2 is 0.970 bits per heavy atom. The topological polar surface area (TPSA) is 152 Å². The Balaban J connectivity index is 3.42. The third-order valence-electron chi connectivity index (χ3n) is 4.61. The van der Waals surface area contributed by atoms with E-state index in [1.807, 2.05) is 0 Å². The highest BCUT2D eigenvalue weighted by atomic mass is 16.7. The number of hydrogen-bond acceptors (Lipinski definition) is 10. The minimum atomic E-state index is -1.83. The lowest BCUT2D eigenvalue weighted by molar-refractivity contribution is -0.295. The van der Waals surface area contributed by atoms with Gasteiger partial charge in [-0.05, 0) is 25.7 Å². The van der Waals surface area contributed by atoms with Crippen LogP contribution in [0.4, 0.5) is 0 Å². The number of ether oxygens (including phenoxy) is 5. The minimum Gasteiger partial charge on any atom is -0.479 e. The van der Waals surface area contributed by atoms with Gasteiger partial charge in [-0.25, -0.2) is 4.79 Å². The van der Waals surface area contributed by atoms with E-state index in [4.69, 9.17) is 23.7 Å². The third kappa shape index (κ3) is 8.99. The predicted octanol–water partition coefficient (Wildman–Crippen LogP) is 2.27. The van der Waals surface area contributed by atoms with E-state index in [1.165, 1.54) is 0 Å². The number of carboxylic acid groups (broad SMARTS) is 1. The molecule has 0 aromatic heterocycles. The summed E-state index contributed by atoms with van der Waals surface area (Å²) in [5.41, 5.74) is 0. The SMILES string of the molecule is CCCC(=O)O[C@@H]1O[C@H](C(=O)O)[C@@H](OC(=O)CCC)[C@H](OC(=O)CCC)[C@H]1OC(=O)CCC. The van der Waals surface area contributed by atoms with Gasteiger partial charge in [-0.15, -0.1) is 0 Å². The highest BCUT2D eigenvalue weighted by Gasteiger charge is 2.56. The number of rotatable bonds is 13. The van der Waals surface area contributed by atoms with Crippen LogP contribution in [-0.2, 0) is 47.7 Å². The maximum absolute atomic E-state index is 12.3. The van der Waals surface area contributed by atoms with Crippen LogP contribution in [0.5, 0.6) is 0 Å². The molecule has 1 fully saturated rings. The van der Waals surface area contributed by atoms with Gasteiger partial charge in [-0.1, -0.05) is 27.7 Å². The van der Waals surface area contributed by atoms with E-state index in [9.17, 15) is 29.1 Å². The van der Waals surface area contributed by atoms with Crippen molar-refractivity contribution < 1.29 is 52.8 Å². The van der Waals surface area contributed by atoms with Crippen LogP contribution in [0.2, 0.25) is 0 Å². The molecule has 1 saturated heterocycles. The monoisotopic (exact) mass is 474 g/mol. The number of esters is 4. The first kappa shape index (κ1) is 28.3. The largest absolute Gasteiger partial charge is 0.479 e. The molecule has 11 heteroatoms. The molecular weight excluding hydrogens is 440 g/mol. The van der Waals surface area contributed by atoms with Gasteiger partial charge in [0.2, 0.25) is 12.4 Å². The van der Waals surface area contributed by atoms with E-state index in [0.29, 0.717) is 25.7 Å². The van der Waals surface area contributed by atoms with Gasteiger partial charge in [0.1, 0.15) is 0 Å². The van der Waals surface area contributed by atoms with Crippen LogP contribution >= 0.6 is 0 Å². The fourth-order valence-electron chi connectivity index (χ4n) is 3.13. The van der Waals surface area contributed by atoms with Crippen LogP contribution in [0.15, 0.2) is 0 Å². The van der Waals surface area contributed by atoms with Crippen molar-refractivity contribution in [2.24, 2.45) is 0 Å². The molecule has 0 spiro atoms. The molecule has 33 heavy (non-hydrogen) atoms. The molecular formula is C22H34O11. The Morgan fingerprint density at radius 3 is 1.36 bits per heavy atom. The van der Waals surface area contributed by atoms with Gasteiger partial charge in [0.05, 0.1) is 0 Å². The smallest absolute Gasteiger partial charge is 0.337 e. The standard InChI is InChI=1S/C22H34O11/c1-5-9-13(23)29-17-18(30-14(24)10-6-2)20(31-15(25)11-7-3)22(32-16(26)12-8-4)33-19(17)21(27)28/h17-20,22H,5-12H2,1-4H3,(H,27,28)/t17-,18-,19-,20+,22+/m0/s1. The summed E-state index contributed by atoms with van der Waals surface area (Å²) in [6, 6.07) is 0. The Labute approximate surface area is 193 Å². The zero-order valence-corrected chi connectivity index (χ0v) is 19.6. The lowest BCUT2D eigenvalue weighted by Crippen LogP contribution is -2.64. The molecule has 11 nitrogen and oxygen atoms in total. The van der Waals surface area contributed by atoms with E-state index in [1.54, 1.807) is 27.7 Å². The van der Waals surface area contributed by atoms with Crippen molar-refractivity contribution in [3.05, 3.63) is 0 Å². The molecule has 188 valence electrons. The summed E-state index contributed by atoms with van der Waals surface area (Å²) in [6.45, 7) is 6.94. The predicted molar refractivity (Wildman–Crippen MR) is 112 cm³/mol. The molecule has 0 amide bonds. The van der Waals surface area contributed by atoms with E-state index in [2.05, 4.69) is 0 Å². The molecule has 5 atom stereocenters. The zero-order valence-electron chi connectivity index (χ0n) is 19.6. The fourth-order valence-corrected chi connectivity index (χ4v) is 3.13. The first-order valence-corrected chi connectivity index (χ1v) is 11.3. The first-order chi connectivity index (χ1) is 15.7. The van der Waals surface area contributed by atoms with Crippen molar-refractivity contribution in [3.63, 3.8) is 0 Å². The zero-order chi connectivity index (χ0) is 25.0. The van der Waals surface area contributed by atoms with Crippen LogP contribution < -0.4 is 0 Å². The van der Waals surface area contributed by atoms with Crippen molar-refractivity contribution in [1.82, 2.24) is 0 Å². The molecule has 1 rings (SSSR count). The molecule has 0 aliphatic carbocycles. The summed E-state index contributed by atoms with van der Waals surface area (Å²) in [4.78, 5) is 60.9. The van der Waals surface area contributed by atoms with Crippen molar-refractivity contribution in [3.8, 4) is 0 Å². The van der Waals surface area contributed by atoms with Gasteiger partial charge in [0.25, 0.3) is 0 Å². The maximum atomic E-state index is 12.3. The quantitative estimate of drug-likeness (QED) is 0.309. The molecule has 1 aliphatic heterocycles.